The fourth-order valence-electron chi connectivity index (χ4n) is 2.31. The van der Waals surface area contributed by atoms with Crippen LogP contribution in [0.4, 0.5) is 0 Å². The van der Waals surface area contributed by atoms with Crippen molar-refractivity contribution in [3.63, 3.8) is 0 Å². The maximum absolute atomic E-state index is 12.3. The summed E-state index contributed by atoms with van der Waals surface area (Å²) in [4.78, 5) is 12.3. The summed E-state index contributed by atoms with van der Waals surface area (Å²) in [6, 6.07) is 13.0. The Morgan fingerprint density at radius 2 is 1.85 bits per heavy atom. The average Bonchev–Trinajstić information content (AvgIpc) is 2.42. The minimum absolute atomic E-state index is 0.343. The SMILES string of the molecule is Cc1c(-c2ccccc2)c(=O)oc2c(Br)cc(Cl)cc12. The van der Waals surface area contributed by atoms with E-state index in [9.17, 15) is 4.79 Å². The first kappa shape index (κ1) is 13.4. The molecule has 2 nitrogen and oxygen atoms in total. The lowest BCUT2D eigenvalue weighted by atomic mass is 10.00. The van der Waals surface area contributed by atoms with Crippen molar-refractivity contribution in [2.24, 2.45) is 0 Å². The number of aryl methyl sites for hydroxylation is 1. The maximum Gasteiger partial charge on any atom is 0.344 e. The molecule has 0 N–H and O–H groups in total. The normalized spacial score (nSPS) is 10.9. The molecule has 4 heteroatoms. The van der Waals surface area contributed by atoms with Crippen LogP contribution >= 0.6 is 27.5 Å². The van der Waals surface area contributed by atoms with E-state index in [1.54, 1.807) is 6.07 Å². The standard InChI is InChI=1S/C16H10BrClO2/c1-9-12-7-11(18)8-13(17)15(12)20-16(19)14(9)10-5-3-2-4-6-10/h2-8H,1H3. The van der Waals surface area contributed by atoms with E-state index in [0.717, 1.165) is 16.5 Å². The zero-order valence-electron chi connectivity index (χ0n) is 10.6. The van der Waals surface area contributed by atoms with Crippen LogP contribution in [0.15, 0.2) is 56.1 Å². The third kappa shape index (κ3) is 2.17. The third-order valence-corrected chi connectivity index (χ3v) is 4.06. The van der Waals surface area contributed by atoms with Crippen molar-refractivity contribution in [2.75, 3.05) is 0 Å². The lowest BCUT2D eigenvalue weighted by Gasteiger charge is -2.09. The quantitative estimate of drug-likeness (QED) is 0.566. The Hall–Kier alpha value is -1.58. The summed E-state index contributed by atoms with van der Waals surface area (Å²) in [7, 11) is 0. The minimum Gasteiger partial charge on any atom is -0.421 e. The second-order valence-corrected chi connectivity index (χ2v) is 5.81. The number of benzene rings is 2. The number of hydrogen-bond donors (Lipinski definition) is 0. The van der Waals surface area contributed by atoms with E-state index in [1.807, 2.05) is 43.3 Å². The average molecular weight is 350 g/mol. The zero-order valence-corrected chi connectivity index (χ0v) is 13.0. The molecule has 0 radical (unpaired) electrons. The van der Waals surface area contributed by atoms with Crippen LogP contribution in [0, 0.1) is 6.92 Å². The molecule has 3 rings (SSSR count). The Morgan fingerprint density at radius 3 is 2.55 bits per heavy atom. The Bertz CT molecular complexity index is 854. The Morgan fingerprint density at radius 1 is 1.15 bits per heavy atom. The van der Waals surface area contributed by atoms with Crippen molar-refractivity contribution in [3.05, 3.63) is 67.9 Å². The summed E-state index contributed by atoms with van der Waals surface area (Å²) in [5.74, 6) is 0. The number of rotatable bonds is 1. The van der Waals surface area contributed by atoms with Gasteiger partial charge < -0.3 is 4.42 Å². The molecule has 0 bridgehead atoms. The molecule has 1 aromatic heterocycles. The van der Waals surface area contributed by atoms with Crippen LogP contribution in [0.5, 0.6) is 0 Å². The molecule has 0 aliphatic heterocycles. The summed E-state index contributed by atoms with van der Waals surface area (Å²) in [5.41, 5.74) is 2.47. The van der Waals surface area contributed by atoms with Crippen molar-refractivity contribution < 1.29 is 4.42 Å². The fourth-order valence-corrected chi connectivity index (χ4v) is 3.20. The van der Waals surface area contributed by atoms with Gasteiger partial charge >= 0.3 is 5.63 Å². The van der Waals surface area contributed by atoms with Gasteiger partial charge in [-0.2, -0.15) is 0 Å². The third-order valence-electron chi connectivity index (χ3n) is 3.25. The second-order valence-electron chi connectivity index (χ2n) is 4.52. The molecule has 0 spiro atoms. The second kappa shape index (κ2) is 5.08. The van der Waals surface area contributed by atoms with Gasteiger partial charge in [0.05, 0.1) is 10.0 Å². The first-order valence-corrected chi connectivity index (χ1v) is 7.23. The lowest BCUT2D eigenvalue weighted by molar-refractivity contribution is 0.561. The molecule has 0 amide bonds. The molecule has 0 aliphatic carbocycles. The highest BCUT2D eigenvalue weighted by atomic mass is 79.9. The lowest BCUT2D eigenvalue weighted by Crippen LogP contribution is -2.06. The van der Waals surface area contributed by atoms with Gasteiger partial charge in [-0.3, -0.25) is 0 Å². The molecule has 3 aromatic rings. The number of fused-ring (bicyclic) bond motifs is 1. The molecule has 0 fully saturated rings. The first-order chi connectivity index (χ1) is 9.58. The van der Waals surface area contributed by atoms with Crippen LogP contribution < -0.4 is 5.63 Å². The first-order valence-electron chi connectivity index (χ1n) is 6.06. The number of hydrogen-bond acceptors (Lipinski definition) is 2. The molecule has 1 heterocycles. The topological polar surface area (TPSA) is 30.2 Å². The van der Waals surface area contributed by atoms with Crippen molar-refractivity contribution in [1.29, 1.82) is 0 Å². The molecule has 0 aliphatic rings. The molecule has 20 heavy (non-hydrogen) atoms. The van der Waals surface area contributed by atoms with Gasteiger partial charge in [-0.1, -0.05) is 41.9 Å². The molecule has 100 valence electrons. The van der Waals surface area contributed by atoms with E-state index in [-0.39, 0.29) is 5.63 Å². The molecule has 0 atom stereocenters. The zero-order chi connectivity index (χ0) is 14.3. The van der Waals surface area contributed by atoms with Gasteiger partial charge in [0.15, 0.2) is 5.58 Å². The Balaban J connectivity index is 2.44. The molecule has 0 saturated carbocycles. The van der Waals surface area contributed by atoms with E-state index in [4.69, 9.17) is 16.0 Å². The summed E-state index contributed by atoms with van der Waals surface area (Å²) in [6.45, 7) is 1.91. The minimum atomic E-state index is -0.343. The summed E-state index contributed by atoms with van der Waals surface area (Å²) < 4.78 is 6.13. The van der Waals surface area contributed by atoms with E-state index >= 15 is 0 Å². The predicted octanol–water partition coefficient (Wildman–Crippen LogP) is 5.18. The van der Waals surface area contributed by atoms with Gasteiger partial charge in [0.1, 0.15) is 0 Å². The van der Waals surface area contributed by atoms with Gasteiger partial charge in [0.2, 0.25) is 0 Å². The number of halogens is 2. The van der Waals surface area contributed by atoms with Crippen LogP contribution in [-0.4, -0.2) is 0 Å². The van der Waals surface area contributed by atoms with Crippen molar-refractivity contribution in [1.82, 2.24) is 0 Å². The molecule has 2 aromatic carbocycles. The largest absolute Gasteiger partial charge is 0.421 e. The van der Waals surface area contributed by atoms with Gasteiger partial charge in [-0.15, -0.1) is 0 Å². The molecular formula is C16H10BrClO2. The van der Waals surface area contributed by atoms with E-state index in [0.29, 0.717) is 20.6 Å². The van der Waals surface area contributed by atoms with Crippen molar-refractivity contribution >= 4 is 38.5 Å². The summed E-state index contributed by atoms with van der Waals surface area (Å²) in [5, 5.41) is 1.43. The van der Waals surface area contributed by atoms with Crippen LogP contribution in [0.1, 0.15) is 5.56 Å². The Labute approximate surface area is 129 Å². The highest BCUT2D eigenvalue weighted by Gasteiger charge is 2.15. The summed E-state index contributed by atoms with van der Waals surface area (Å²) in [6.07, 6.45) is 0. The van der Waals surface area contributed by atoms with E-state index in [1.165, 1.54) is 0 Å². The van der Waals surface area contributed by atoms with Gasteiger partial charge in [0, 0.05) is 10.4 Å². The van der Waals surface area contributed by atoms with Crippen molar-refractivity contribution in [3.8, 4) is 11.1 Å². The van der Waals surface area contributed by atoms with Crippen molar-refractivity contribution in [2.45, 2.75) is 6.92 Å². The monoisotopic (exact) mass is 348 g/mol. The highest BCUT2D eigenvalue weighted by Crippen LogP contribution is 2.32. The summed E-state index contributed by atoms with van der Waals surface area (Å²) >= 11 is 9.46. The molecule has 0 unspecified atom stereocenters. The van der Waals surface area contributed by atoms with Gasteiger partial charge in [-0.25, -0.2) is 4.79 Å². The maximum atomic E-state index is 12.3. The van der Waals surface area contributed by atoms with E-state index in [2.05, 4.69) is 15.9 Å². The molecular weight excluding hydrogens is 340 g/mol. The highest BCUT2D eigenvalue weighted by molar-refractivity contribution is 9.10. The molecule has 0 saturated heterocycles. The van der Waals surface area contributed by atoms with Gasteiger partial charge in [0.25, 0.3) is 0 Å². The Kier molecular flexibility index (Phi) is 3.40. The predicted molar refractivity (Wildman–Crippen MR) is 85.4 cm³/mol. The smallest absolute Gasteiger partial charge is 0.344 e. The van der Waals surface area contributed by atoms with Gasteiger partial charge in [-0.05, 0) is 46.1 Å². The van der Waals surface area contributed by atoms with Crippen LogP contribution in [-0.2, 0) is 0 Å². The van der Waals surface area contributed by atoms with Crippen LogP contribution in [0.2, 0.25) is 5.02 Å². The van der Waals surface area contributed by atoms with Crippen LogP contribution in [0.3, 0.4) is 0 Å². The fraction of sp³-hybridized carbons (Fsp3) is 0.0625. The van der Waals surface area contributed by atoms with Crippen LogP contribution in [0.25, 0.3) is 22.1 Å². The van der Waals surface area contributed by atoms with E-state index < -0.39 is 0 Å².